The van der Waals surface area contributed by atoms with Crippen molar-refractivity contribution in [3.05, 3.63) is 29.8 Å². The summed E-state index contributed by atoms with van der Waals surface area (Å²) < 4.78 is 10.5. The normalized spacial score (nSPS) is 15.2. The van der Waals surface area contributed by atoms with E-state index < -0.39 is 17.4 Å². The minimum absolute atomic E-state index is 0.183. The highest BCUT2D eigenvalue weighted by Gasteiger charge is 2.35. The van der Waals surface area contributed by atoms with Crippen LogP contribution in [0.3, 0.4) is 0 Å². The fourth-order valence-corrected chi connectivity index (χ4v) is 2.81. The standard InChI is InChI=1S/C19H24N2O4/c1-15-6-8-16(9-7-15)24-12-4-5-18(23)25-13-17(22)21-19(14-20)10-2-3-11-19/h6-9H,2-5,10-13H2,1H3,(H,21,22). The third-order valence-electron chi connectivity index (χ3n) is 4.23. The first-order chi connectivity index (χ1) is 12.0. The van der Waals surface area contributed by atoms with Gasteiger partial charge in [-0.3, -0.25) is 9.59 Å². The summed E-state index contributed by atoms with van der Waals surface area (Å²) in [4.78, 5) is 23.5. The van der Waals surface area contributed by atoms with E-state index >= 15 is 0 Å². The number of hydrogen-bond donors (Lipinski definition) is 1. The molecule has 1 fully saturated rings. The number of ether oxygens (including phenoxy) is 2. The smallest absolute Gasteiger partial charge is 0.306 e. The van der Waals surface area contributed by atoms with Gasteiger partial charge in [-0.25, -0.2) is 0 Å². The Morgan fingerprint density at radius 3 is 2.56 bits per heavy atom. The van der Waals surface area contributed by atoms with Crippen LogP contribution in [-0.4, -0.2) is 30.6 Å². The van der Waals surface area contributed by atoms with Gasteiger partial charge in [0.05, 0.1) is 12.7 Å². The van der Waals surface area contributed by atoms with Crippen molar-refractivity contribution in [2.45, 2.75) is 51.0 Å². The van der Waals surface area contributed by atoms with E-state index in [4.69, 9.17) is 9.47 Å². The van der Waals surface area contributed by atoms with Crippen molar-refractivity contribution in [2.75, 3.05) is 13.2 Å². The molecule has 0 unspecified atom stereocenters. The maximum Gasteiger partial charge on any atom is 0.306 e. The molecule has 134 valence electrons. The van der Waals surface area contributed by atoms with Crippen molar-refractivity contribution in [1.29, 1.82) is 5.26 Å². The topological polar surface area (TPSA) is 88.4 Å². The number of hydrogen-bond acceptors (Lipinski definition) is 5. The summed E-state index contributed by atoms with van der Waals surface area (Å²) in [6.45, 7) is 2.06. The summed E-state index contributed by atoms with van der Waals surface area (Å²) in [5.74, 6) is -0.107. The molecule has 1 amide bonds. The minimum atomic E-state index is -0.786. The number of nitrogens with one attached hydrogen (secondary N) is 1. The number of benzene rings is 1. The third-order valence-corrected chi connectivity index (χ3v) is 4.23. The molecule has 1 aliphatic carbocycles. The number of aryl methyl sites for hydroxylation is 1. The van der Waals surface area contributed by atoms with E-state index in [-0.39, 0.29) is 13.0 Å². The van der Waals surface area contributed by atoms with Crippen LogP contribution in [0.5, 0.6) is 5.75 Å². The molecule has 25 heavy (non-hydrogen) atoms. The number of nitrogens with zero attached hydrogens (tertiary/aromatic N) is 1. The van der Waals surface area contributed by atoms with Crippen LogP contribution in [0.2, 0.25) is 0 Å². The molecule has 0 saturated heterocycles. The number of nitriles is 1. The summed E-state index contributed by atoms with van der Waals surface area (Å²) in [6, 6.07) is 9.85. The average molecular weight is 344 g/mol. The number of amides is 1. The first-order valence-corrected chi connectivity index (χ1v) is 8.60. The largest absolute Gasteiger partial charge is 0.494 e. The Morgan fingerprint density at radius 1 is 1.24 bits per heavy atom. The van der Waals surface area contributed by atoms with Crippen molar-refractivity contribution in [3.8, 4) is 11.8 Å². The molecule has 2 rings (SSSR count). The Bertz CT molecular complexity index is 628. The van der Waals surface area contributed by atoms with Crippen LogP contribution in [0.1, 0.15) is 44.1 Å². The number of carbonyl (C=O) groups excluding carboxylic acids is 2. The van der Waals surface area contributed by atoms with Gasteiger partial charge >= 0.3 is 5.97 Å². The third kappa shape index (κ3) is 6.11. The molecule has 6 heteroatoms. The Labute approximate surface area is 148 Å². The minimum Gasteiger partial charge on any atom is -0.494 e. The van der Waals surface area contributed by atoms with E-state index in [1.165, 1.54) is 0 Å². The Balaban J connectivity index is 1.59. The molecule has 0 bridgehead atoms. The van der Waals surface area contributed by atoms with E-state index in [9.17, 15) is 14.9 Å². The molecule has 6 nitrogen and oxygen atoms in total. The SMILES string of the molecule is Cc1ccc(OCCCC(=O)OCC(=O)NC2(C#N)CCCC2)cc1. The summed E-state index contributed by atoms with van der Waals surface area (Å²) in [7, 11) is 0. The zero-order valence-corrected chi connectivity index (χ0v) is 14.5. The van der Waals surface area contributed by atoms with Gasteiger partial charge in [0, 0.05) is 6.42 Å². The molecule has 1 saturated carbocycles. The van der Waals surface area contributed by atoms with Gasteiger partial charge in [-0.1, -0.05) is 17.7 Å². The van der Waals surface area contributed by atoms with Gasteiger partial charge in [0.1, 0.15) is 11.3 Å². The molecule has 0 spiro atoms. The Kier molecular flexibility index (Phi) is 6.81. The predicted molar refractivity (Wildman–Crippen MR) is 91.8 cm³/mol. The fraction of sp³-hybridized carbons (Fsp3) is 0.526. The van der Waals surface area contributed by atoms with Gasteiger partial charge in [-0.05, 0) is 51.2 Å². The lowest BCUT2D eigenvalue weighted by Gasteiger charge is -2.21. The van der Waals surface area contributed by atoms with Crippen molar-refractivity contribution in [2.24, 2.45) is 0 Å². The molecule has 1 N–H and O–H groups in total. The molecule has 1 aliphatic rings. The quantitative estimate of drug-likeness (QED) is 0.578. The average Bonchev–Trinajstić information content (AvgIpc) is 3.07. The summed E-state index contributed by atoms with van der Waals surface area (Å²) in [5, 5.41) is 11.9. The van der Waals surface area contributed by atoms with Crippen molar-refractivity contribution in [1.82, 2.24) is 5.32 Å². The van der Waals surface area contributed by atoms with Crippen LogP contribution in [0, 0.1) is 18.3 Å². The number of esters is 1. The van der Waals surface area contributed by atoms with E-state index in [1.54, 1.807) is 0 Å². The fourth-order valence-electron chi connectivity index (χ4n) is 2.81. The molecular formula is C19H24N2O4. The van der Waals surface area contributed by atoms with Gasteiger partial charge in [0.15, 0.2) is 6.61 Å². The highest BCUT2D eigenvalue weighted by atomic mass is 16.5. The highest BCUT2D eigenvalue weighted by Crippen LogP contribution is 2.28. The lowest BCUT2D eigenvalue weighted by atomic mass is 10.00. The van der Waals surface area contributed by atoms with E-state index in [0.717, 1.165) is 24.2 Å². The summed E-state index contributed by atoms with van der Waals surface area (Å²) in [6.07, 6.45) is 3.85. The maximum absolute atomic E-state index is 11.8. The van der Waals surface area contributed by atoms with Gasteiger partial charge in [0.2, 0.25) is 0 Å². The Morgan fingerprint density at radius 2 is 1.92 bits per heavy atom. The van der Waals surface area contributed by atoms with Crippen molar-refractivity contribution < 1.29 is 19.1 Å². The van der Waals surface area contributed by atoms with Crippen molar-refractivity contribution >= 4 is 11.9 Å². The van der Waals surface area contributed by atoms with Gasteiger partial charge in [-0.15, -0.1) is 0 Å². The molecule has 1 aromatic carbocycles. The molecule has 0 aliphatic heterocycles. The molecule has 0 atom stereocenters. The zero-order chi connectivity index (χ0) is 18.1. The number of rotatable bonds is 8. The lowest BCUT2D eigenvalue weighted by Crippen LogP contribution is -2.46. The lowest BCUT2D eigenvalue weighted by molar-refractivity contribution is -0.149. The molecule has 0 radical (unpaired) electrons. The second-order valence-electron chi connectivity index (χ2n) is 6.37. The van der Waals surface area contributed by atoms with Crippen LogP contribution in [-0.2, 0) is 14.3 Å². The van der Waals surface area contributed by atoms with Crippen LogP contribution in [0.4, 0.5) is 0 Å². The van der Waals surface area contributed by atoms with Crippen LogP contribution >= 0.6 is 0 Å². The highest BCUT2D eigenvalue weighted by molar-refractivity contribution is 5.81. The predicted octanol–water partition coefficient (Wildman–Crippen LogP) is 2.65. The summed E-state index contributed by atoms with van der Waals surface area (Å²) >= 11 is 0. The Hall–Kier alpha value is -2.55. The van der Waals surface area contributed by atoms with E-state index in [1.807, 2.05) is 31.2 Å². The second kappa shape index (κ2) is 9.07. The molecule has 0 heterocycles. The van der Waals surface area contributed by atoms with Crippen LogP contribution < -0.4 is 10.1 Å². The first kappa shape index (κ1) is 18.8. The van der Waals surface area contributed by atoms with Gasteiger partial charge in [0.25, 0.3) is 5.91 Å². The molecular weight excluding hydrogens is 320 g/mol. The summed E-state index contributed by atoms with van der Waals surface area (Å²) in [5.41, 5.74) is 0.371. The van der Waals surface area contributed by atoms with Crippen LogP contribution in [0.25, 0.3) is 0 Å². The first-order valence-electron chi connectivity index (χ1n) is 8.60. The monoisotopic (exact) mass is 344 g/mol. The van der Waals surface area contributed by atoms with E-state index in [0.29, 0.717) is 25.9 Å². The zero-order valence-electron chi connectivity index (χ0n) is 14.5. The molecule has 0 aromatic heterocycles. The molecule has 1 aromatic rings. The maximum atomic E-state index is 11.8. The van der Waals surface area contributed by atoms with Gasteiger partial charge < -0.3 is 14.8 Å². The number of carbonyl (C=O) groups is 2. The second-order valence-corrected chi connectivity index (χ2v) is 6.37. The van der Waals surface area contributed by atoms with Crippen molar-refractivity contribution in [3.63, 3.8) is 0 Å². The van der Waals surface area contributed by atoms with E-state index in [2.05, 4.69) is 11.4 Å². The van der Waals surface area contributed by atoms with Crippen LogP contribution in [0.15, 0.2) is 24.3 Å². The van der Waals surface area contributed by atoms with Gasteiger partial charge in [-0.2, -0.15) is 5.26 Å².